The first-order chi connectivity index (χ1) is 18.2. The third kappa shape index (κ3) is 7.53. The highest BCUT2D eigenvalue weighted by atomic mass is 16.5. The number of piperidine rings is 1. The highest BCUT2D eigenvalue weighted by molar-refractivity contribution is 5.95. The Hall–Kier alpha value is -3.95. The van der Waals surface area contributed by atoms with Crippen LogP contribution >= 0.6 is 0 Å². The molecule has 0 radical (unpaired) electrons. The minimum absolute atomic E-state index is 0.00200. The zero-order chi connectivity index (χ0) is 27.7. The van der Waals surface area contributed by atoms with Crippen molar-refractivity contribution in [3.63, 3.8) is 0 Å². The number of nitrogens with zero attached hydrogens (tertiary/aromatic N) is 2. The lowest BCUT2D eigenvalue weighted by Crippen LogP contribution is -2.46. The zero-order valence-corrected chi connectivity index (χ0v) is 22.4. The molecule has 10 nitrogen and oxygen atoms in total. The van der Waals surface area contributed by atoms with Gasteiger partial charge in [0.1, 0.15) is 11.8 Å². The monoisotopic (exact) mass is 524 g/mol. The van der Waals surface area contributed by atoms with Crippen LogP contribution in [0.3, 0.4) is 0 Å². The van der Waals surface area contributed by atoms with Crippen molar-refractivity contribution in [1.29, 1.82) is 0 Å². The Bertz CT molecular complexity index is 1160. The number of likely N-dealkylation sites (tertiary alicyclic amines) is 1. The van der Waals surface area contributed by atoms with E-state index in [-0.39, 0.29) is 24.2 Å². The number of ether oxygens (including phenoxy) is 2. The third-order valence-electron chi connectivity index (χ3n) is 6.50. The predicted octanol–water partition coefficient (Wildman–Crippen LogP) is 2.49. The van der Waals surface area contributed by atoms with Gasteiger partial charge in [-0.1, -0.05) is 18.2 Å². The number of pyridine rings is 1. The molecule has 3 rings (SSSR count). The van der Waals surface area contributed by atoms with Gasteiger partial charge in [-0.25, -0.2) is 4.79 Å². The molecule has 0 unspecified atom stereocenters. The number of aromatic nitrogens is 1. The quantitative estimate of drug-likeness (QED) is 0.457. The van der Waals surface area contributed by atoms with Crippen molar-refractivity contribution in [1.82, 2.24) is 20.5 Å². The number of esters is 1. The lowest BCUT2D eigenvalue weighted by atomic mass is 9.89. The van der Waals surface area contributed by atoms with Crippen molar-refractivity contribution in [3.8, 4) is 5.75 Å². The van der Waals surface area contributed by atoms with E-state index < -0.39 is 17.9 Å². The average Bonchev–Trinajstić information content (AvgIpc) is 2.91. The van der Waals surface area contributed by atoms with Gasteiger partial charge >= 0.3 is 5.97 Å². The first kappa shape index (κ1) is 28.6. The molecule has 1 aromatic heterocycles. The Labute approximate surface area is 223 Å². The van der Waals surface area contributed by atoms with E-state index >= 15 is 0 Å². The molecule has 0 saturated carbocycles. The number of methoxy groups -OCH3 is 1. The van der Waals surface area contributed by atoms with Crippen molar-refractivity contribution in [2.24, 2.45) is 0 Å². The Kier molecular flexibility index (Phi) is 10.2. The number of amides is 3. The Morgan fingerprint density at radius 3 is 2.47 bits per heavy atom. The van der Waals surface area contributed by atoms with Gasteiger partial charge in [0.25, 0.3) is 5.91 Å². The van der Waals surface area contributed by atoms with Gasteiger partial charge in [0.2, 0.25) is 11.8 Å². The number of carbonyl (C=O) groups is 4. The van der Waals surface area contributed by atoms with Gasteiger partial charge in [0.05, 0.1) is 31.4 Å². The van der Waals surface area contributed by atoms with Gasteiger partial charge in [-0.05, 0) is 44.9 Å². The third-order valence-corrected chi connectivity index (χ3v) is 6.50. The fourth-order valence-corrected chi connectivity index (χ4v) is 4.58. The SMILES string of the molecule is CCOc1ccccc1CNC(=O)c1ccc(C)nc1C1CCN(C(=O)C[C@H](NC(C)=O)C(=O)OC)CC1. The molecule has 38 heavy (non-hydrogen) atoms. The van der Waals surface area contributed by atoms with E-state index in [1.165, 1.54) is 14.0 Å². The number of rotatable bonds is 10. The molecule has 204 valence electrons. The Balaban J connectivity index is 1.65. The molecule has 10 heteroatoms. The molecule has 0 aliphatic carbocycles. The van der Waals surface area contributed by atoms with E-state index in [0.29, 0.717) is 44.6 Å². The second kappa shape index (κ2) is 13.6. The van der Waals surface area contributed by atoms with Gasteiger partial charge in [0, 0.05) is 43.7 Å². The molecule has 1 aromatic carbocycles. The van der Waals surface area contributed by atoms with E-state index in [2.05, 4.69) is 10.6 Å². The smallest absolute Gasteiger partial charge is 0.328 e. The average molecular weight is 525 g/mol. The Morgan fingerprint density at radius 1 is 1.11 bits per heavy atom. The molecule has 1 atom stereocenters. The van der Waals surface area contributed by atoms with Crippen molar-refractivity contribution < 1.29 is 28.7 Å². The second-order valence-corrected chi connectivity index (χ2v) is 9.24. The summed E-state index contributed by atoms with van der Waals surface area (Å²) in [6.45, 7) is 6.85. The lowest BCUT2D eigenvalue weighted by Gasteiger charge is -2.33. The minimum atomic E-state index is -1.02. The molecule has 1 aliphatic rings. The number of aryl methyl sites for hydroxylation is 1. The van der Waals surface area contributed by atoms with Crippen LogP contribution in [0.4, 0.5) is 0 Å². The fraction of sp³-hybridized carbons (Fsp3) is 0.464. The zero-order valence-electron chi connectivity index (χ0n) is 22.4. The van der Waals surface area contributed by atoms with E-state index in [1.807, 2.05) is 44.2 Å². The number of hydrogen-bond acceptors (Lipinski definition) is 7. The Morgan fingerprint density at radius 2 is 1.82 bits per heavy atom. The number of para-hydroxylation sites is 1. The summed E-state index contributed by atoms with van der Waals surface area (Å²) in [6, 6.07) is 10.2. The maximum atomic E-state index is 13.2. The first-order valence-corrected chi connectivity index (χ1v) is 12.8. The van der Waals surface area contributed by atoms with Crippen molar-refractivity contribution >= 4 is 23.7 Å². The highest BCUT2D eigenvalue weighted by Crippen LogP contribution is 2.30. The predicted molar refractivity (Wildman–Crippen MR) is 141 cm³/mol. The molecular formula is C28H36N4O6. The molecule has 1 saturated heterocycles. The number of hydrogen-bond donors (Lipinski definition) is 2. The van der Waals surface area contributed by atoms with Crippen LogP contribution in [0.5, 0.6) is 5.75 Å². The van der Waals surface area contributed by atoms with E-state index in [0.717, 1.165) is 22.7 Å². The second-order valence-electron chi connectivity index (χ2n) is 9.24. The van der Waals surface area contributed by atoms with Crippen LogP contribution in [0.2, 0.25) is 0 Å². The van der Waals surface area contributed by atoms with Gasteiger partial charge < -0.3 is 25.0 Å². The van der Waals surface area contributed by atoms with E-state index in [4.69, 9.17) is 14.5 Å². The summed E-state index contributed by atoms with van der Waals surface area (Å²) in [5.41, 5.74) is 2.94. The van der Waals surface area contributed by atoms with Crippen molar-refractivity contribution in [2.75, 3.05) is 26.8 Å². The van der Waals surface area contributed by atoms with Crippen LogP contribution in [0.15, 0.2) is 36.4 Å². The van der Waals surface area contributed by atoms with Crippen LogP contribution in [0.1, 0.15) is 66.3 Å². The molecule has 2 N–H and O–H groups in total. The molecule has 1 fully saturated rings. The normalized spacial score (nSPS) is 14.4. The van der Waals surface area contributed by atoms with Gasteiger partial charge in [-0.2, -0.15) is 0 Å². The lowest BCUT2D eigenvalue weighted by molar-refractivity contribution is -0.148. The molecule has 1 aliphatic heterocycles. The number of carbonyl (C=O) groups excluding carboxylic acids is 4. The minimum Gasteiger partial charge on any atom is -0.494 e. The standard InChI is InChI=1S/C28H36N4O6/c1-5-38-24-9-7-6-8-21(24)17-29-27(35)22-11-10-18(2)30-26(22)20-12-14-32(15-13-20)25(34)16-23(28(36)37-4)31-19(3)33/h6-11,20,23H,5,12-17H2,1-4H3,(H,29,35)(H,31,33)/t23-/m0/s1. The summed E-state index contributed by atoms with van der Waals surface area (Å²) in [4.78, 5) is 55.8. The summed E-state index contributed by atoms with van der Waals surface area (Å²) in [5.74, 6) is -0.787. The van der Waals surface area contributed by atoms with Crippen molar-refractivity contribution in [3.05, 3.63) is 58.9 Å². The topological polar surface area (TPSA) is 127 Å². The largest absolute Gasteiger partial charge is 0.494 e. The summed E-state index contributed by atoms with van der Waals surface area (Å²) in [6.07, 6.45) is 1.08. The molecule has 3 amide bonds. The number of benzene rings is 1. The fourth-order valence-electron chi connectivity index (χ4n) is 4.58. The van der Waals surface area contributed by atoms with Crippen LogP contribution in [0.25, 0.3) is 0 Å². The molecular weight excluding hydrogens is 488 g/mol. The summed E-state index contributed by atoms with van der Waals surface area (Å²) in [5, 5.41) is 5.46. The maximum absolute atomic E-state index is 13.2. The van der Waals surface area contributed by atoms with E-state index in [1.54, 1.807) is 11.0 Å². The van der Waals surface area contributed by atoms with Crippen LogP contribution in [-0.2, 0) is 25.7 Å². The molecule has 2 heterocycles. The number of nitrogens with one attached hydrogen (secondary N) is 2. The molecule has 2 aromatic rings. The molecule has 0 spiro atoms. The summed E-state index contributed by atoms with van der Waals surface area (Å²) in [7, 11) is 1.22. The van der Waals surface area contributed by atoms with Gasteiger partial charge in [0.15, 0.2) is 0 Å². The van der Waals surface area contributed by atoms with Gasteiger partial charge in [-0.15, -0.1) is 0 Å². The maximum Gasteiger partial charge on any atom is 0.328 e. The summed E-state index contributed by atoms with van der Waals surface area (Å²) >= 11 is 0. The van der Waals surface area contributed by atoms with Crippen molar-refractivity contribution in [2.45, 2.75) is 58.5 Å². The van der Waals surface area contributed by atoms with Crippen LogP contribution in [0, 0.1) is 6.92 Å². The van der Waals surface area contributed by atoms with Crippen LogP contribution in [-0.4, -0.2) is 66.4 Å². The van der Waals surface area contributed by atoms with Crippen LogP contribution < -0.4 is 15.4 Å². The van der Waals surface area contributed by atoms with E-state index in [9.17, 15) is 19.2 Å². The highest BCUT2D eigenvalue weighted by Gasteiger charge is 2.31. The first-order valence-electron chi connectivity index (χ1n) is 12.8. The summed E-state index contributed by atoms with van der Waals surface area (Å²) < 4.78 is 10.4. The molecule has 0 bridgehead atoms. The van der Waals surface area contributed by atoms with Gasteiger partial charge in [-0.3, -0.25) is 19.4 Å².